The lowest BCUT2D eigenvalue weighted by Crippen LogP contribution is -1.95. The van der Waals surface area contributed by atoms with Gasteiger partial charge in [0.25, 0.3) is 0 Å². The van der Waals surface area contributed by atoms with Crippen molar-refractivity contribution in [1.82, 2.24) is 0 Å². The molecule has 0 heterocycles. The van der Waals surface area contributed by atoms with Crippen LogP contribution >= 0.6 is 71.0 Å². The van der Waals surface area contributed by atoms with Crippen molar-refractivity contribution in [2.24, 2.45) is 0 Å². The Hall–Kier alpha value is 0.460. The summed E-state index contributed by atoms with van der Waals surface area (Å²) < 4.78 is 2.03. The predicted octanol–water partition coefficient (Wildman–Crippen LogP) is 7.00. The van der Waals surface area contributed by atoms with E-state index in [1.54, 1.807) is 12.1 Å². The van der Waals surface area contributed by atoms with Crippen molar-refractivity contribution >= 4 is 71.0 Å². The van der Waals surface area contributed by atoms with Gasteiger partial charge in [0, 0.05) is 19.0 Å². The molecule has 1 atom stereocenters. The number of rotatable bonds is 2. The number of halogens is 5. The summed E-state index contributed by atoms with van der Waals surface area (Å²) in [4.78, 5) is -0.0180. The molecule has 2 aromatic carbocycles. The zero-order valence-electron chi connectivity index (χ0n) is 8.93. The average Bonchev–Trinajstić information content (AvgIpc) is 2.34. The molecule has 0 aliphatic rings. The molecule has 0 bridgehead atoms. The van der Waals surface area contributed by atoms with Crippen LogP contribution in [-0.4, -0.2) is 0 Å². The van der Waals surface area contributed by atoms with Gasteiger partial charge in [-0.25, -0.2) is 0 Å². The van der Waals surface area contributed by atoms with Crippen molar-refractivity contribution in [3.63, 3.8) is 0 Å². The third-order valence-electron chi connectivity index (χ3n) is 2.46. The molecule has 0 nitrogen and oxygen atoms in total. The van der Waals surface area contributed by atoms with Crippen LogP contribution in [0, 0.1) is 0 Å². The first-order valence-corrected chi connectivity index (χ1v) is 8.29. The summed E-state index contributed by atoms with van der Waals surface area (Å²) in [5, 5.41) is 1.36. The van der Waals surface area contributed by atoms with Crippen LogP contribution in [0.15, 0.2) is 45.3 Å². The molecule has 2 rings (SSSR count). The molecule has 0 saturated heterocycles. The average molecular weight is 474 g/mol. The molecule has 2 aromatic rings. The first-order chi connectivity index (χ1) is 8.49. The van der Waals surface area contributed by atoms with E-state index in [0.29, 0.717) is 10.0 Å². The second kappa shape index (κ2) is 6.27. The molecule has 1 unspecified atom stereocenters. The minimum Gasteiger partial charge on any atom is -0.0843 e. The van der Waals surface area contributed by atoms with Crippen molar-refractivity contribution in [2.75, 3.05) is 0 Å². The third kappa shape index (κ3) is 3.31. The lowest BCUT2D eigenvalue weighted by molar-refractivity contribution is 1.16. The molecule has 18 heavy (non-hydrogen) atoms. The van der Waals surface area contributed by atoms with Crippen LogP contribution in [0.2, 0.25) is 10.0 Å². The van der Waals surface area contributed by atoms with Crippen molar-refractivity contribution in [3.8, 4) is 0 Å². The van der Waals surface area contributed by atoms with Gasteiger partial charge in [-0.1, -0.05) is 71.0 Å². The summed E-state index contributed by atoms with van der Waals surface area (Å²) in [5.41, 5.74) is 2.04. The van der Waals surface area contributed by atoms with Crippen LogP contribution in [-0.2, 0) is 0 Å². The molecule has 0 saturated carbocycles. The molecule has 0 radical (unpaired) electrons. The minimum absolute atomic E-state index is 0.0180. The van der Waals surface area contributed by atoms with Crippen LogP contribution in [0.3, 0.4) is 0 Å². The standard InChI is InChI=1S/C13H7Br3Cl2/c14-7-1-3-11(15)9(5-7)13(16)10-6-8(17)2-4-12(10)18/h1-6,13H. The van der Waals surface area contributed by atoms with Gasteiger partial charge in [0.1, 0.15) is 0 Å². The lowest BCUT2D eigenvalue weighted by atomic mass is 10.0. The fourth-order valence-electron chi connectivity index (χ4n) is 1.59. The Labute approximate surface area is 141 Å². The Kier molecular flexibility index (Phi) is 5.18. The fraction of sp³-hybridized carbons (Fsp3) is 0.0769. The van der Waals surface area contributed by atoms with Crippen molar-refractivity contribution < 1.29 is 0 Å². The second-order valence-corrected chi connectivity index (χ2v) is 7.22. The van der Waals surface area contributed by atoms with E-state index in [-0.39, 0.29) is 4.83 Å². The zero-order chi connectivity index (χ0) is 13.3. The molecule has 94 valence electrons. The Balaban J connectivity index is 2.50. The Morgan fingerprint density at radius 1 is 0.889 bits per heavy atom. The van der Waals surface area contributed by atoms with Gasteiger partial charge in [0.05, 0.1) is 4.83 Å². The summed E-state index contributed by atoms with van der Waals surface area (Å²) in [6, 6.07) is 11.5. The van der Waals surface area contributed by atoms with Crippen LogP contribution in [0.5, 0.6) is 0 Å². The first-order valence-electron chi connectivity index (χ1n) is 5.03. The number of hydrogen-bond donors (Lipinski definition) is 0. The molecule has 0 aliphatic carbocycles. The van der Waals surface area contributed by atoms with Gasteiger partial charge in [0.2, 0.25) is 0 Å². The molecule has 0 fully saturated rings. The third-order valence-corrected chi connectivity index (χ3v) is 5.24. The SMILES string of the molecule is Clc1ccc(Cl)c(C(Br)c2cc(Br)ccc2Br)c1. The van der Waals surface area contributed by atoms with E-state index < -0.39 is 0 Å². The Morgan fingerprint density at radius 3 is 2.33 bits per heavy atom. The van der Waals surface area contributed by atoms with E-state index in [1.165, 1.54) is 0 Å². The normalized spacial score (nSPS) is 12.5. The maximum Gasteiger partial charge on any atom is 0.0671 e. The minimum atomic E-state index is -0.0180. The maximum absolute atomic E-state index is 6.22. The Bertz CT molecular complexity index is 533. The van der Waals surface area contributed by atoms with E-state index >= 15 is 0 Å². The van der Waals surface area contributed by atoms with Gasteiger partial charge in [-0.05, 0) is 47.5 Å². The number of alkyl halides is 1. The van der Waals surface area contributed by atoms with Gasteiger partial charge in [-0.3, -0.25) is 0 Å². The molecule has 5 heteroatoms. The zero-order valence-corrected chi connectivity index (χ0v) is 15.2. The second-order valence-electron chi connectivity index (χ2n) is 3.69. The largest absolute Gasteiger partial charge is 0.0843 e. The van der Waals surface area contributed by atoms with E-state index in [0.717, 1.165) is 20.1 Å². The van der Waals surface area contributed by atoms with Crippen LogP contribution in [0.1, 0.15) is 16.0 Å². The molecule has 0 aliphatic heterocycles. The summed E-state index contributed by atoms with van der Waals surface area (Å²) >= 11 is 22.9. The summed E-state index contributed by atoms with van der Waals surface area (Å²) in [6.07, 6.45) is 0. The van der Waals surface area contributed by atoms with Crippen LogP contribution in [0.25, 0.3) is 0 Å². The van der Waals surface area contributed by atoms with Crippen molar-refractivity contribution in [3.05, 3.63) is 66.5 Å². The highest BCUT2D eigenvalue weighted by molar-refractivity contribution is 9.11. The highest BCUT2D eigenvalue weighted by Crippen LogP contribution is 2.40. The molecular formula is C13H7Br3Cl2. The van der Waals surface area contributed by atoms with Crippen LogP contribution in [0.4, 0.5) is 0 Å². The highest BCUT2D eigenvalue weighted by Gasteiger charge is 2.17. The van der Waals surface area contributed by atoms with Crippen molar-refractivity contribution in [2.45, 2.75) is 4.83 Å². The monoisotopic (exact) mass is 470 g/mol. The quantitative estimate of drug-likeness (QED) is 0.412. The van der Waals surface area contributed by atoms with Gasteiger partial charge in [0.15, 0.2) is 0 Å². The van der Waals surface area contributed by atoms with Gasteiger partial charge in [-0.15, -0.1) is 0 Å². The lowest BCUT2D eigenvalue weighted by Gasteiger charge is -2.15. The molecular weight excluding hydrogens is 467 g/mol. The van der Waals surface area contributed by atoms with Crippen LogP contribution < -0.4 is 0 Å². The predicted molar refractivity (Wildman–Crippen MR) is 89.1 cm³/mol. The van der Waals surface area contributed by atoms with Gasteiger partial charge >= 0.3 is 0 Å². The highest BCUT2D eigenvalue weighted by atomic mass is 79.9. The van der Waals surface area contributed by atoms with Gasteiger partial charge in [-0.2, -0.15) is 0 Å². The van der Waals surface area contributed by atoms with E-state index in [1.807, 2.05) is 24.3 Å². The summed E-state index contributed by atoms with van der Waals surface area (Å²) in [6.45, 7) is 0. The first kappa shape index (κ1) is 14.9. The number of benzene rings is 2. The molecule has 0 aromatic heterocycles. The topological polar surface area (TPSA) is 0 Å². The van der Waals surface area contributed by atoms with Gasteiger partial charge < -0.3 is 0 Å². The smallest absolute Gasteiger partial charge is 0.0671 e. The van der Waals surface area contributed by atoms with E-state index in [4.69, 9.17) is 23.2 Å². The molecule has 0 spiro atoms. The van der Waals surface area contributed by atoms with Crippen molar-refractivity contribution in [1.29, 1.82) is 0 Å². The molecule has 0 N–H and O–H groups in total. The van der Waals surface area contributed by atoms with E-state index in [9.17, 15) is 0 Å². The number of hydrogen-bond acceptors (Lipinski definition) is 0. The van der Waals surface area contributed by atoms with E-state index in [2.05, 4.69) is 47.8 Å². The maximum atomic E-state index is 6.22. The summed E-state index contributed by atoms with van der Waals surface area (Å²) in [7, 11) is 0. The summed E-state index contributed by atoms with van der Waals surface area (Å²) in [5.74, 6) is 0. The molecule has 0 amide bonds. The Morgan fingerprint density at radius 2 is 1.61 bits per heavy atom. The fourth-order valence-corrected chi connectivity index (χ4v) is 4.04.